The molecule has 0 atom stereocenters. The van der Waals surface area contributed by atoms with Gasteiger partial charge in [0.2, 0.25) is 0 Å². The summed E-state index contributed by atoms with van der Waals surface area (Å²) in [7, 11) is 0. The highest BCUT2D eigenvalue weighted by atomic mass is 79.9. The Morgan fingerprint density at radius 3 is 2.41 bits per heavy atom. The molecule has 0 bridgehead atoms. The topological polar surface area (TPSA) is 32.3 Å². The van der Waals surface area contributed by atoms with Gasteiger partial charge < -0.3 is 5.32 Å². The molecule has 0 spiro atoms. The maximum Gasteiger partial charge on any atom is 0.416 e. The van der Waals surface area contributed by atoms with E-state index in [-0.39, 0.29) is 11.9 Å². The molecule has 0 unspecified atom stereocenters. The van der Waals surface area contributed by atoms with E-state index in [0.29, 0.717) is 17.7 Å². The Morgan fingerprint density at radius 2 is 1.78 bits per heavy atom. The zero-order valence-corrected chi connectivity index (χ0v) is 16.2. The average Bonchev–Trinajstić information content (AvgIpc) is 2.63. The molecule has 1 fully saturated rings. The largest absolute Gasteiger partial charge is 0.416 e. The number of hydrogen-bond acceptors (Lipinski definition) is 2. The van der Waals surface area contributed by atoms with Crippen molar-refractivity contribution in [1.82, 2.24) is 10.2 Å². The molecule has 2 aromatic rings. The number of halogens is 4. The highest BCUT2D eigenvalue weighted by Gasteiger charge is 2.30. The fourth-order valence-electron chi connectivity index (χ4n) is 3.21. The van der Waals surface area contributed by atoms with E-state index in [1.165, 1.54) is 12.1 Å². The number of benzene rings is 2. The van der Waals surface area contributed by atoms with Crippen LogP contribution in [0.25, 0.3) is 0 Å². The summed E-state index contributed by atoms with van der Waals surface area (Å²) in [5.41, 5.74) is 0.656. The lowest BCUT2D eigenvalue weighted by atomic mass is 10.0. The summed E-state index contributed by atoms with van der Waals surface area (Å²) in [6, 6.07) is 12.7. The Kier molecular flexibility index (Phi) is 6.22. The van der Waals surface area contributed by atoms with Crippen molar-refractivity contribution in [2.24, 2.45) is 0 Å². The molecule has 1 N–H and O–H groups in total. The summed E-state index contributed by atoms with van der Waals surface area (Å²) in [4.78, 5) is 14.4. The first-order valence-electron chi connectivity index (χ1n) is 8.76. The van der Waals surface area contributed by atoms with Crippen LogP contribution in [0.5, 0.6) is 0 Å². The molecule has 1 aliphatic heterocycles. The standard InChI is InChI=1S/C20H20BrF3N2O/c21-17-6-4-15(5-7-17)19(27)25-18-8-10-26(11-9-18)13-14-2-1-3-16(12-14)20(22,23)24/h1-7,12,18H,8-11,13H2,(H,25,27). The molecule has 3 rings (SSSR count). The van der Waals surface area contributed by atoms with Gasteiger partial charge in [-0.2, -0.15) is 13.2 Å². The summed E-state index contributed by atoms with van der Waals surface area (Å²) in [5, 5.41) is 3.04. The lowest BCUT2D eigenvalue weighted by molar-refractivity contribution is -0.137. The van der Waals surface area contributed by atoms with Crippen LogP contribution in [0.3, 0.4) is 0 Å². The second kappa shape index (κ2) is 8.44. The van der Waals surface area contributed by atoms with Crippen molar-refractivity contribution < 1.29 is 18.0 Å². The van der Waals surface area contributed by atoms with E-state index in [0.717, 1.165) is 36.5 Å². The number of nitrogens with zero attached hydrogens (tertiary/aromatic N) is 1. The maximum atomic E-state index is 12.8. The molecule has 144 valence electrons. The Morgan fingerprint density at radius 1 is 1.11 bits per heavy atom. The SMILES string of the molecule is O=C(NC1CCN(Cc2cccc(C(F)(F)F)c2)CC1)c1ccc(Br)cc1. The zero-order valence-electron chi connectivity index (χ0n) is 14.6. The van der Waals surface area contributed by atoms with Gasteiger partial charge in [0.1, 0.15) is 0 Å². The summed E-state index contributed by atoms with van der Waals surface area (Å²) in [5.74, 6) is -0.0983. The van der Waals surface area contributed by atoms with Gasteiger partial charge in [-0.25, -0.2) is 0 Å². The number of alkyl halides is 3. The van der Waals surface area contributed by atoms with E-state index in [2.05, 4.69) is 26.1 Å². The second-order valence-electron chi connectivity index (χ2n) is 6.73. The van der Waals surface area contributed by atoms with Gasteiger partial charge in [-0.1, -0.05) is 34.1 Å². The zero-order chi connectivity index (χ0) is 19.4. The molecule has 27 heavy (non-hydrogen) atoms. The number of rotatable bonds is 4. The molecule has 7 heteroatoms. The van der Waals surface area contributed by atoms with Crippen LogP contribution in [0.4, 0.5) is 13.2 Å². The van der Waals surface area contributed by atoms with Crippen LogP contribution in [0.15, 0.2) is 53.0 Å². The van der Waals surface area contributed by atoms with Crippen molar-refractivity contribution in [3.8, 4) is 0 Å². The number of hydrogen-bond donors (Lipinski definition) is 1. The quantitative estimate of drug-likeness (QED) is 0.735. The minimum Gasteiger partial charge on any atom is -0.349 e. The highest BCUT2D eigenvalue weighted by molar-refractivity contribution is 9.10. The lowest BCUT2D eigenvalue weighted by Gasteiger charge is -2.32. The van der Waals surface area contributed by atoms with Crippen molar-refractivity contribution >= 4 is 21.8 Å². The Bertz CT molecular complexity index is 785. The molecule has 1 saturated heterocycles. The monoisotopic (exact) mass is 440 g/mol. The number of piperidine rings is 1. The average molecular weight is 441 g/mol. The van der Waals surface area contributed by atoms with Crippen molar-refractivity contribution in [1.29, 1.82) is 0 Å². The second-order valence-corrected chi connectivity index (χ2v) is 7.64. The third-order valence-electron chi connectivity index (χ3n) is 4.69. The van der Waals surface area contributed by atoms with Crippen LogP contribution in [0.1, 0.15) is 34.3 Å². The molecular weight excluding hydrogens is 421 g/mol. The predicted octanol–water partition coefficient (Wildman–Crippen LogP) is 4.86. The van der Waals surface area contributed by atoms with Gasteiger partial charge in [0, 0.05) is 35.7 Å². The predicted molar refractivity (Wildman–Crippen MR) is 101 cm³/mol. The van der Waals surface area contributed by atoms with Crippen LogP contribution in [0, 0.1) is 0 Å². The number of likely N-dealkylation sites (tertiary alicyclic amines) is 1. The van der Waals surface area contributed by atoms with Gasteiger partial charge in [0.15, 0.2) is 0 Å². The summed E-state index contributed by atoms with van der Waals surface area (Å²) in [6.45, 7) is 1.96. The third kappa shape index (κ3) is 5.56. The van der Waals surface area contributed by atoms with Crippen LogP contribution >= 0.6 is 15.9 Å². The number of nitrogens with one attached hydrogen (secondary N) is 1. The molecule has 3 nitrogen and oxygen atoms in total. The van der Waals surface area contributed by atoms with Gasteiger partial charge in [-0.05, 0) is 48.7 Å². The van der Waals surface area contributed by atoms with Crippen LogP contribution < -0.4 is 5.32 Å². The van der Waals surface area contributed by atoms with Crippen molar-refractivity contribution in [3.05, 3.63) is 69.7 Å². The van der Waals surface area contributed by atoms with E-state index in [9.17, 15) is 18.0 Å². The minimum absolute atomic E-state index is 0.0823. The third-order valence-corrected chi connectivity index (χ3v) is 5.22. The molecule has 0 radical (unpaired) electrons. The number of amides is 1. The van der Waals surface area contributed by atoms with Crippen molar-refractivity contribution in [2.75, 3.05) is 13.1 Å². The smallest absolute Gasteiger partial charge is 0.349 e. The molecule has 1 amide bonds. The highest BCUT2D eigenvalue weighted by Crippen LogP contribution is 2.30. The summed E-state index contributed by atoms with van der Waals surface area (Å²) < 4.78 is 39.4. The fraction of sp³-hybridized carbons (Fsp3) is 0.350. The van der Waals surface area contributed by atoms with E-state index in [4.69, 9.17) is 0 Å². The molecule has 0 saturated carbocycles. The van der Waals surface area contributed by atoms with Crippen LogP contribution in [0.2, 0.25) is 0 Å². The van der Waals surface area contributed by atoms with E-state index >= 15 is 0 Å². The fourth-order valence-corrected chi connectivity index (χ4v) is 3.47. The summed E-state index contributed by atoms with van der Waals surface area (Å²) in [6.07, 6.45) is -2.76. The molecule has 0 aliphatic carbocycles. The van der Waals surface area contributed by atoms with E-state index < -0.39 is 11.7 Å². The first kappa shape index (κ1) is 19.9. The maximum absolute atomic E-state index is 12.8. The van der Waals surface area contributed by atoms with E-state index in [1.54, 1.807) is 18.2 Å². The van der Waals surface area contributed by atoms with Crippen LogP contribution in [-0.2, 0) is 12.7 Å². The molecule has 2 aromatic carbocycles. The lowest BCUT2D eigenvalue weighted by Crippen LogP contribution is -2.44. The Balaban J connectivity index is 1.50. The first-order valence-corrected chi connectivity index (χ1v) is 9.55. The molecule has 1 heterocycles. The van der Waals surface area contributed by atoms with Crippen molar-refractivity contribution in [3.63, 3.8) is 0 Å². The summed E-state index contributed by atoms with van der Waals surface area (Å²) >= 11 is 3.34. The number of carbonyl (C=O) groups excluding carboxylic acids is 1. The Labute approximate surface area is 164 Å². The van der Waals surface area contributed by atoms with Gasteiger partial charge in [0.25, 0.3) is 5.91 Å². The first-order chi connectivity index (χ1) is 12.8. The van der Waals surface area contributed by atoms with E-state index in [1.807, 2.05) is 12.1 Å². The Hall–Kier alpha value is -1.86. The van der Waals surface area contributed by atoms with Gasteiger partial charge in [-0.15, -0.1) is 0 Å². The molecule has 1 aliphatic rings. The molecule has 0 aromatic heterocycles. The molecular formula is C20H20BrF3N2O. The van der Waals surface area contributed by atoms with Crippen LogP contribution in [-0.4, -0.2) is 29.9 Å². The number of carbonyl (C=O) groups is 1. The van der Waals surface area contributed by atoms with Crippen molar-refractivity contribution in [2.45, 2.75) is 31.6 Å². The van der Waals surface area contributed by atoms with Gasteiger partial charge in [0.05, 0.1) is 5.56 Å². The normalized spacial score (nSPS) is 16.3. The minimum atomic E-state index is -4.32. The van der Waals surface area contributed by atoms with Gasteiger partial charge in [-0.3, -0.25) is 9.69 Å². The van der Waals surface area contributed by atoms with Gasteiger partial charge >= 0.3 is 6.18 Å².